The van der Waals surface area contributed by atoms with Crippen LogP contribution in [0.5, 0.6) is 0 Å². The lowest BCUT2D eigenvalue weighted by atomic mass is 10.0. The minimum atomic E-state index is -0.971. The molecule has 0 fully saturated rings. The molecule has 0 aromatic rings. The average molecular weight is 319 g/mol. The minimum absolute atomic E-state index is 0.0579. The molecule has 0 saturated carbocycles. The lowest BCUT2D eigenvalue weighted by Crippen LogP contribution is -2.36. The molecule has 0 spiro atoms. The molecule has 0 aromatic carbocycles. The molecule has 130 valence electrons. The van der Waals surface area contributed by atoms with Crippen LogP contribution in [0.2, 0.25) is 0 Å². The first-order valence-corrected chi connectivity index (χ1v) is 7.15. The molecule has 0 aliphatic carbocycles. The molecule has 0 aliphatic rings. The summed E-state index contributed by atoms with van der Waals surface area (Å²) in [5, 5.41) is 16.8. The maximum atomic E-state index is 10.3. The lowest BCUT2D eigenvalue weighted by molar-refractivity contribution is -0.140. The molecule has 0 radical (unpaired) electrons. The van der Waals surface area contributed by atoms with E-state index in [1.54, 1.807) is 0 Å². The Labute approximate surface area is 130 Å². The Morgan fingerprint density at radius 1 is 1.09 bits per heavy atom. The van der Waals surface area contributed by atoms with Gasteiger partial charge in [0.25, 0.3) is 0 Å². The van der Waals surface area contributed by atoms with Gasteiger partial charge in [-0.25, -0.2) is 0 Å². The number of nitrogens with zero attached hydrogens (tertiary/aromatic N) is 1. The summed E-state index contributed by atoms with van der Waals surface area (Å²) in [6.07, 6.45) is 2.73. The zero-order valence-electron chi connectivity index (χ0n) is 13.2. The highest BCUT2D eigenvalue weighted by Gasteiger charge is 2.17. The highest BCUT2D eigenvalue weighted by atomic mass is 16.4. The van der Waals surface area contributed by atoms with Gasteiger partial charge in [-0.05, 0) is 25.2 Å². The van der Waals surface area contributed by atoms with Crippen LogP contribution >= 0.6 is 0 Å². The SMILES string of the molecule is CC[C@H](C)[C@H](N)C(=O)O.NC(N)=NCCCC[C@H](N)C(=O)O. The normalized spacial score (nSPS) is 14.0. The Kier molecular flexibility index (Phi) is 13.1. The minimum Gasteiger partial charge on any atom is -0.480 e. The van der Waals surface area contributed by atoms with Crippen LogP contribution in [0, 0.1) is 5.92 Å². The summed E-state index contributed by atoms with van der Waals surface area (Å²) in [4.78, 5) is 24.2. The van der Waals surface area contributed by atoms with E-state index in [0.29, 0.717) is 19.4 Å². The van der Waals surface area contributed by atoms with E-state index in [4.69, 9.17) is 33.1 Å². The molecule has 0 aliphatic heterocycles. The third-order valence-electron chi connectivity index (χ3n) is 3.08. The van der Waals surface area contributed by atoms with Gasteiger partial charge in [-0.2, -0.15) is 0 Å². The monoisotopic (exact) mass is 319 g/mol. The molecule has 9 heteroatoms. The molecule has 0 aromatic heterocycles. The first kappa shape index (κ1) is 22.4. The van der Waals surface area contributed by atoms with Crippen LogP contribution in [-0.2, 0) is 9.59 Å². The van der Waals surface area contributed by atoms with Crippen LogP contribution in [0.25, 0.3) is 0 Å². The molecule has 3 atom stereocenters. The van der Waals surface area contributed by atoms with Gasteiger partial charge < -0.3 is 33.1 Å². The molecule has 9 nitrogen and oxygen atoms in total. The van der Waals surface area contributed by atoms with Crippen molar-refractivity contribution in [2.75, 3.05) is 6.54 Å². The molecule has 0 unspecified atom stereocenters. The van der Waals surface area contributed by atoms with Crippen LogP contribution < -0.4 is 22.9 Å². The number of carbonyl (C=O) groups is 2. The van der Waals surface area contributed by atoms with E-state index >= 15 is 0 Å². The van der Waals surface area contributed by atoms with Crippen molar-refractivity contribution in [2.45, 2.75) is 51.6 Å². The average Bonchev–Trinajstić information content (AvgIpc) is 2.45. The summed E-state index contributed by atoms with van der Waals surface area (Å²) in [7, 11) is 0. The Hall–Kier alpha value is -1.87. The van der Waals surface area contributed by atoms with Gasteiger partial charge in [-0.15, -0.1) is 0 Å². The zero-order chi connectivity index (χ0) is 17.7. The second-order valence-corrected chi connectivity index (χ2v) is 5.00. The largest absolute Gasteiger partial charge is 0.480 e. The van der Waals surface area contributed by atoms with E-state index < -0.39 is 24.0 Å². The zero-order valence-corrected chi connectivity index (χ0v) is 13.2. The third kappa shape index (κ3) is 13.1. The summed E-state index contributed by atoms with van der Waals surface area (Å²) >= 11 is 0. The second-order valence-electron chi connectivity index (χ2n) is 5.00. The number of carboxylic acid groups (broad SMARTS) is 2. The number of rotatable bonds is 9. The standard InChI is InChI=1S/C7H16N4O2.C6H13NO2/c8-5(6(12)13)3-1-2-4-11-7(9)10;1-3-4(2)5(7)6(8)9/h5H,1-4,8H2,(H,12,13)(H4,9,10,11);4-5H,3,7H2,1-2H3,(H,8,9)/t5-;4-,5-/m00/s1. The number of unbranched alkanes of at least 4 members (excludes halogenated alkanes) is 1. The Morgan fingerprint density at radius 2 is 1.64 bits per heavy atom. The molecular formula is C13H29N5O4. The Morgan fingerprint density at radius 3 is 1.95 bits per heavy atom. The molecular weight excluding hydrogens is 290 g/mol. The molecule has 0 bridgehead atoms. The first-order valence-electron chi connectivity index (χ1n) is 7.15. The smallest absolute Gasteiger partial charge is 0.320 e. The third-order valence-corrected chi connectivity index (χ3v) is 3.08. The number of carboxylic acids is 2. The topological polar surface area (TPSA) is 191 Å². The van der Waals surface area contributed by atoms with Crippen molar-refractivity contribution in [1.29, 1.82) is 0 Å². The number of aliphatic imine (C=N–C) groups is 1. The quantitative estimate of drug-likeness (QED) is 0.182. The fourth-order valence-corrected chi connectivity index (χ4v) is 1.31. The van der Waals surface area contributed by atoms with Crippen molar-refractivity contribution in [3.63, 3.8) is 0 Å². The maximum absolute atomic E-state index is 10.3. The highest BCUT2D eigenvalue weighted by Crippen LogP contribution is 2.04. The number of aliphatic carboxylic acids is 2. The van der Waals surface area contributed by atoms with Crippen LogP contribution in [-0.4, -0.2) is 46.7 Å². The molecule has 10 N–H and O–H groups in total. The van der Waals surface area contributed by atoms with Gasteiger partial charge in [0.05, 0.1) is 0 Å². The van der Waals surface area contributed by atoms with Crippen molar-refractivity contribution >= 4 is 17.9 Å². The van der Waals surface area contributed by atoms with Gasteiger partial charge in [0.2, 0.25) is 0 Å². The van der Waals surface area contributed by atoms with Crippen molar-refractivity contribution in [3.05, 3.63) is 0 Å². The number of nitrogens with two attached hydrogens (primary N) is 4. The van der Waals surface area contributed by atoms with Crippen molar-refractivity contribution < 1.29 is 19.8 Å². The Balaban J connectivity index is 0. The molecule has 0 heterocycles. The van der Waals surface area contributed by atoms with E-state index in [2.05, 4.69) is 4.99 Å². The predicted octanol–water partition coefficient (Wildman–Crippen LogP) is -0.714. The van der Waals surface area contributed by atoms with E-state index in [1.165, 1.54) is 0 Å². The van der Waals surface area contributed by atoms with Gasteiger partial charge in [0, 0.05) is 6.54 Å². The fraction of sp³-hybridized carbons (Fsp3) is 0.769. The maximum Gasteiger partial charge on any atom is 0.320 e. The summed E-state index contributed by atoms with van der Waals surface area (Å²) in [6.45, 7) is 4.28. The van der Waals surface area contributed by atoms with Crippen LogP contribution in [0.1, 0.15) is 39.5 Å². The van der Waals surface area contributed by atoms with E-state index in [0.717, 1.165) is 12.8 Å². The summed E-state index contributed by atoms with van der Waals surface area (Å²) < 4.78 is 0. The van der Waals surface area contributed by atoms with E-state index in [-0.39, 0.29) is 11.9 Å². The molecule has 22 heavy (non-hydrogen) atoms. The summed E-state index contributed by atoms with van der Waals surface area (Å²) in [5.74, 6) is -1.75. The molecule has 0 amide bonds. The number of hydrogen-bond acceptors (Lipinski definition) is 5. The first-order chi connectivity index (χ1) is 10.1. The van der Waals surface area contributed by atoms with Gasteiger partial charge in [-0.1, -0.05) is 20.3 Å². The molecule has 0 rings (SSSR count). The van der Waals surface area contributed by atoms with Crippen molar-refractivity contribution in [2.24, 2.45) is 33.8 Å². The van der Waals surface area contributed by atoms with Gasteiger partial charge in [0.1, 0.15) is 12.1 Å². The predicted molar refractivity (Wildman–Crippen MR) is 85.2 cm³/mol. The van der Waals surface area contributed by atoms with Crippen LogP contribution in [0.4, 0.5) is 0 Å². The lowest BCUT2D eigenvalue weighted by Gasteiger charge is -2.11. The van der Waals surface area contributed by atoms with Crippen LogP contribution in [0.3, 0.4) is 0 Å². The van der Waals surface area contributed by atoms with Crippen LogP contribution in [0.15, 0.2) is 4.99 Å². The second kappa shape index (κ2) is 12.8. The van der Waals surface area contributed by atoms with Gasteiger partial charge in [0.15, 0.2) is 5.96 Å². The van der Waals surface area contributed by atoms with Crippen molar-refractivity contribution in [3.8, 4) is 0 Å². The number of hydrogen-bond donors (Lipinski definition) is 6. The Bertz CT molecular complexity index is 358. The van der Waals surface area contributed by atoms with Gasteiger partial charge in [-0.3, -0.25) is 14.6 Å². The summed E-state index contributed by atoms with van der Waals surface area (Å²) in [5.41, 5.74) is 20.7. The van der Waals surface area contributed by atoms with E-state index in [1.807, 2.05) is 13.8 Å². The van der Waals surface area contributed by atoms with Crippen molar-refractivity contribution in [1.82, 2.24) is 0 Å². The fourth-order valence-electron chi connectivity index (χ4n) is 1.31. The van der Waals surface area contributed by atoms with Gasteiger partial charge >= 0.3 is 11.9 Å². The number of guanidine groups is 1. The highest BCUT2D eigenvalue weighted by molar-refractivity contribution is 5.75. The molecule has 0 saturated heterocycles. The summed E-state index contributed by atoms with van der Waals surface area (Å²) in [6, 6.07) is -1.48. The van der Waals surface area contributed by atoms with E-state index in [9.17, 15) is 9.59 Å².